The molecule has 3 rings (SSSR count). The minimum Gasteiger partial charge on any atom is -0.478 e. The lowest BCUT2D eigenvalue weighted by molar-refractivity contribution is 0.0600. The van der Waals surface area contributed by atoms with Gasteiger partial charge in [-0.3, -0.25) is 4.99 Å². The average Bonchev–Trinajstić information content (AvgIpc) is 2.99. The molecule has 6 nitrogen and oxygen atoms in total. The summed E-state index contributed by atoms with van der Waals surface area (Å²) in [6, 6.07) is 15.7. The number of carbonyl (C=O) groups excluding carboxylic acids is 1. The molecule has 0 unspecified atom stereocenters. The molecule has 0 fully saturated rings. The molecule has 0 aliphatic rings. The van der Waals surface area contributed by atoms with Gasteiger partial charge in [-0.05, 0) is 50.2 Å². The molecule has 2 aromatic carbocycles. The van der Waals surface area contributed by atoms with Gasteiger partial charge in [-0.2, -0.15) is 0 Å². The number of esters is 1. The molecule has 0 saturated heterocycles. The van der Waals surface area contributed by atoms with Crippen LogP contribution in [0.3, 0.4) is 0 Å². The summed E-state index contributed by atoms with van der Waals surface area (Å²) in [4.78, 5) is 27.7. The van der Waals surface area contributed by atoms with Crippen molar-refractivity contribution in [3.63, 3.8) is 0 Å². The van der Waals surface area contributed by atoms with Gasteiger partial charge in [-0.1, -0.05) is 18.2 Å². The second kappa shape index (κ2) is 7.92. The van der Waals surface area contributed by atoms with Crippen LogP contribution in [0.4, 0.5) is 5.69 Å². The maximum atomic E-state index is 11.7. The van der Waals surface area contributed by atoms with Crippen LogP contribution in [-0.4, -0.2) is 34.9 Å². The number of methoxy groups -OCH3 is 1. The van der Waals surface area contributed by atoms with Gasteiger partial charge in [0.1, 0.15) is 0 Å². The summed E-state index contributed by atoms with van der Waals surface area (Å²) in [5, 5.41) is 9.48. The van der Waals surface area contributed by atoms with Crippen molar-refractivity contribution in [2.24, 2.45) is 4.99 Å². The standard InChI is InChI=1S/C22H20N2O4/c1-14-11-17(13-23-18-8-6-7-16(12-18)22(27)28-3)15(2)24(14)20-10-5-4-9-19(20)21(25)26/h4-13H,1-3H3,(H,25,26). The molecule has 0 amide bonds. The summed E-state index contributed by atoms with van der Waals surface area (Å²) in [5.74, 6) is -1.39. The molecule has 0 atom stereocenters. The first-order chi connectivity index (χ1) is 13.4. The molecule has 1 heterocycles. The number of aryl methyl sites for hydroxylation is 1. The van der Waals surface area contributed by atoms with Gasteiger partial charge in [0.2, 0.25) is 0 Å². The lowest BCUT2D eigenvalue weighted by Crippen LogP contribution is -2.07. The van der Waals surface area contributed by atoms with E-state index in [4.69, 9.17) is 4.74 Å². The summed E-state index contributed by atoms with van der Waals surface area (Å²) in [6.07, 6.45) is 1.71. The van der Waals surface area contributed by atoms with Gasteiger partial charge < -0.3 is 14.4 Å². The Morgan fingerprint density at radius 1 is 1.07 bits per heavy atom. The van der Waals surface area contributed by atoms with Crippen LogP contribution in [0.25, 0.3) is 5.69 Å². The Kier molecular flexibility index (Phi) is 5.40. The fourth-order valence-electron chi connectivity index (χ4n) is 3.11. The molecule has 0 aliphatic heterocycles. The Morgan fingerprint density at radius 3 is 2.54 bits per heavy atom. The first kappa shape index (κ1) is 19.1. The molecule has 28 heavy (non-hydrogen) atoms. The van der Waals surface area contributed by atoms with Gasteiger partial charge in [-0.15, -0.1) is 0 Å². The number of carbonyl (C=O) groups is 2. The summed E-state index contributed by atoms with van der Waals surface area (Å²) in [7, 11) is 1.34. The Hall–Kier alpha value is -3.67. The number of carboxylic acids is 1. The first-order valence-electron chi connectivity index (χ1n) is 8.66. The third-order valence-electron chi connectivity index (χ3n) is 4.47. The predicted molar refractivity (Wildman–Crippen MR) is 107 cm³/mol. The molecular formula is C22H20N2O4. The van der Waals surface area contributed by atoms with E-state index < -0.39 is 11.9 Å². The van der Waals surface area contributed by atoms with Crippen LogP contribution < -0.4 is 0 Å². The molecule has 6 heteroatoms. The van der Waals surface area contributed by atoms with Crippen LogP contribution in [0.2, 0.25) is 0 Å². The Morgan fingerprint density at radius 2 is 1.82 bits per heavy atom. The lowest BCUT2D eigenvalue weighted by atomic mass is 10.1. The van der Waals surface area contributed by atoms with E-state index in [2.05, 4.69) is 4.99 Å². The maximum Gasteiger partial charge on any atom is 0.337 e. The number of ether oxygens (including phenoxy) is 1. The maximum absolute atomic E-state index is 11.7. The van der Waals surface area contributed by atoms with Crippen LogP contribution in [0.15, 0.2) is 59.6 Å². The quantitative estimate of drug-likeness (QED) is 0.531. The summed E-state index contributed by atoms with van der Waals surface area (Å²) < 4.78 is 6.63. The number of carboxylic acid groups (broad SMARTS) is 1. The van der Waals surface area contributed by atoms with Crippen LogP contribution >= 0.6 is 0 Å². The zero-order valence-electron chi connectivity index (χ0n) is 15.8. The average molecular weight is 376 g/mol. The van der Waals surface area contributed by atoms with Crippen molar-refractivity contribution in [1.82, 2.24) is 4.57 Å². The predicted octanol–water partition coefficient (Wildman–Crippen LogP) is 4.33. The number of aromatic carboxylic acids is 1. The zero-order chi connectivity index (χ0) is 20.3. The normalized spacial score (nSPS) is 11.0. The van der Waals surface area contributed by atoms with E-state index in [9.17, 15) is 14.7 Å². The van der Waals surface area contributed by atoms with E-state index in [1.807, 2.05) is 30.5 Å². The van der Waals surface area contributed by atoms with Crippen molar-refractivity contribution in [2.45, 2.75) is 13.8 Å². The molecule has 0 aliphatic carbocycles. The SMILES string of the molecule is COC(=O)c1cccc(N=Cc2cc(C)n(-c3ccccc3C(=O)O)c2C)c1. The molecule has 1 N–H and O–H groups in total. The fraction of sp³-hybridized carbons (Fsp3) is 0.136. The van der Waals surface area contributed by atoms with Gasteiger partial charge in [0.05, 0.1) is 29.6 Å². The van der Waals surface area contributed by atoms with Crippen molar-refractivity contribution < 1.29 is 19.4 Å². The Labute approximate surface area is 162 Å². The van der Waals surface area contributed by atoms with Crippen LogP contribution in [-0.2, 0) is 4.74 Å². The number of aromatic nitrogens is 1. The van der Waals surface area contributed by atoms with Crippen LogP contribution in [0, 0.1) is 13.8 Å². The van der Waals surface area contributed by atoms with Gasteiger partial charge in [0.15, 0.2) is 0 Å². The highest BCUT2D eigenvalue weighted by Gasteiger charge is 2.16. The Balaban J connectivity index is 1.99. The summed E-state index contributed by atoms with van der Waals surface area (Å²) >= 11 is 0. The minimum absolute atomic E-state index is 0.235. The molecule has 0 bridgehead atoms. The van der Waals surface area contributed by atoms with Crippen LogP contribution in [0.5, 0.6) is 0 Å². The topological polar surface area (TPSA) is 80.9 Å². The van der Waals surface area contributed by atoms with Crippen molar-refractivity contribution in [3.05, 3.63) is 82.7 Å². The second-order valence-corrected chi connectivity index (χ2v) is 6.28. The number of aliphatic imine (C=N–C) groups is 1. The monoisotopic (exact) mass is 376 g/mol. The molecular weight excluding hydrogens is 356 g/mol. The largest absolute Gasteiger partial charge is 0.478 e. The third-order valence-corrected chi connectivity index (χ3v) is 4.47. The molecule has 0 radical (unpaired) electrons. The molecule has 142 valence electrons. The number of nitrogens with zero attached hydrogens (tertiary/aromatic N) is 2. The van der Waals surface area contributed by atoms with Gasteiger partial charge in [0.25, 0.3) is 0 Å². The third kappa shape index (κ3) is 3.71. The zero-order valence-corrected chi connectivity index (χ0v) is 15.8. The smallest absolute Gasteiger partial charge is 0.337 e. The van der Waals surface area contributed by atoms with Gasteiger partial charge >= 0.3 is 11.9 Å². The van der Waals surface area contributed by atoms with Crippen LogP contribution in [0.1, 0.15) is 37.7 Å². The molecule has 1 aromatic heterocycles. The summed E-state index contributed by atoms with van der Waals surface area (Å²) in [6.45, 7) is 3.83. The van der Waals surface area contributed by atoms with E-state index in [-0.39, 0.29) is 5.56 Å². The highest BCUT2D eigenvalue weighted by Crippen LogP contribution is 2.23. The number of para-hydroxylation sites is 1. The van der Waals surface area contributed by atoms with E-state index in [0.29, 0.717) is 16.9 Å². The van der Waals surface area contributed by atoms with Crippen molar-refractivity contribution >= 4 is 23.8 Å². The van der Waals surface area contributed by atoms with Gasteiger partial charge in [-0.25, -0.2) is 9.59 Å². The van der Waals surface area contributed by atoms with E-state index in [0.717, 1.165) is 17.0 Å². The minimum atomic E-state index is -0.974. The fourth-order valence-corrected chi connectivity index (χ4v) is 3.11. The summed E-state index contributed by atoms with van der Waals surface area (Å²) in [5.41, 5.74) is 4.53. The van der Waals surface area contributed by atoms with E-state index in [1.165, 1.54) is 7.11 Å². The van der Waals surface area contributed by atoms with Crippen molar-refractivity contribution in [1.29, 1.82) is 0 Å². The number of hydrogen-bond acceptors (Lipinski definition) is 4. The number of rotatable bonds is 5. The second-order valence-electron chi connectivity index (χ2n) is 6.28. The molecule has 0 spiro atoms. The first-order valence-corrected chi connectivity index (χ1v) is 8.66. The molecule has 3 aromatic rings. The van der Waals surface area contributed by atoms with Crippen molar-refractivity contribution in [2.75, 3.05) is 7.11 Å². The number of hydrogen-bond donors (Lipinski definition) is 1. The van der Waals surface area contributed by atoms with E-state index >= 15 is 0 Å². The van der Waals surface area contributed by atoms with Gasteiger partial charge in [0, 0.05) is 23.2 Å². The number of benzene rings is 2. The van der Waals surface area contributed by atoms with E-state index in [1.54, 1.807) is 48.7 Å². The molecule has 0 saturated carbocycles. The lowest BCUT2D eigenvalue weighted by Gasteiger charge is -2.12. The highest BCUT2D eigenvalue weighted by molar-refractivity contribution is 5.93. The highest BCUT2D eigenvalue weighted by atomic mass is 16.5. The Bertz CT molecular complexity index is 1080. The van der Waals surface area contributed by atoms with Crippen molar-refractivity contribution in [3.8, 4) is 5.69 Å².